The van der Waals surface area contributed by atoms with Gasteiger partial charge in [-0.1, -0.05) is 22.9 Å². The zero-order chi connectivity index (χ0) is 19.1. The lowest BCUT2D eigenvalue weighted by molar-refractivity contribution is -0.141. The van der Waals surface area contributed by atoms with Crippen LogP contribution in [0.1, 0.15) is 36.7 Å². The number of alkyl halides is 4. The van der Waals surface area contributed by atoms with Gasteiger partial charge in [-0.2, -0.15) is 23.4 Å². The lowest BCUT2D eigenvalue weighted by atomic mass is 9.93. The summed E-state index contributed by atoms with van der Waals surface area (Å²) in [7, 11) is 0. The number of hydrogen-bond donors (Lipinski definition) is 0. The second-order valence-corrected chi connectivity index (χ2v) is 7.16. The third-order valence-corrected chi connectivity index (χ3v) is 4.91. The number of rotatable bonds is 4. The van der Waals surface area contributed by atoms with Crippen molar-refractivity contribution in [2.75, 3.05) is 11.9 Å². The van der Waals surface area contributed by atoms with E-state index in [2.05, 4.69) is 26.1 Å². The van der Waals surface area contributed by atoms with Crippen LogP contribution in [0.25, 0.3) is 5.52 Å². The molecule has 5 nitrogen and oxygen atoms in total. The largest absolute Gasteiger partial charge is 0.435 e. The van der Waals surface area contributed by atoms with Crippen molar-refractivity contribution in [3.63, 3.8) is 0 Å². The van der Waals surface area contributed by atoms with Gasteiger partial charge in [0.2, 0.25) is 5.91 Å². The number of carbonyl (C=O) groups is 1. The van der Waals surface area contributed by atoms with Crippen LogP contribution >= 0.6 is 15.9 Å². The van der Waals surface area contributed by atoms with Gasteiger partial charge in [-0.3, -0.25) is 4.79 Å². The summed E-state index contributed by atoms with van der Waals surface area (Å²) in [5.41, 5.74) is 1.18. The zero-order valence-electron chi connectivity index (χ0n) is 14.3. The quantitative estimate of drug-likeness (QED) is 0.687. The number of fused-ring (bicyclic) bond motifs is 1. The third-order valence-electron chi connectivity index (χ3n) is 4.34. The number of carbonyl (C=O) groups excluding carboxylic acids is 1. The fourth-order valence-corrected chi connectivity index (χ4v) is 3.26. The first-order chi connectivity index (χ1) is 12.2. The van der Waals surface area contributed by atoms with Gasteiger partial charge in [0.25, 0.3) is 0 Å². The summed E-state index contributed by atoms with van der Waals surface area (Å²) in [6, 6.07) is 4.50. The molecule has 3 rings (SSSR count). The molecule has 1 unspecified atom stereocenters. The predicted molar refractivity (Wildman–Crippen MR) is 95.4 cm³/mol. The fourth-order valence-electron chi connectivity index (χ4n) is 3.01. The van der Waals surface area contributed by atoms with Crippen molar-refractivity contribution in [2.24, 2.45) is 11.0 Å². The molecule has 0 saturated carbocycles. The number of aromatic nitrogens is 2. The monoisotopic (exact) mass is 430 g/mol. The van der Waals surface area contributed by atoms with Crippen LogP contribution in [0, 0.1) is 12.8 Å². The van der Waals surface area contributed by atoms with Crippen molar-refractivity contribution in [2.45, 2.75) is 32.9 Å². The highest BCUT2D eigenvalue weighted by atomic mass is 79.9. The molecule has 3 heterocycles. The maximum Gasteiger partial charge on any atom is 0.435 e. The standard InChI is InChI=1S/C17H18BrF3N4O/c1-10-8-15(26)24(7-3-6-18)23-16(10)12-5-4-11(2)25-13(12)9-14(22-25)17(19,20)21/h4-5,9-10H,3,6-8H2,1-2H3. The summed E-state index contributed by atoms with van der Waals surface area (Å²) in [6.07, 6.45) is -3.50. The average molecular weight is 431 g/mol. The third kappa shape index (κ3) is 3.49. The number of hydrogen-bond acceptors (Lipinski definition) is 3. The van der Waals surface area contributed by atoms with Crippen molar-refractivity contribution in [3.05, 3.63) is 35.2 Å². The Morgan fingerprint density at radius 2 is 2.08 bits per heavy atom. The molecule has 1 aliphatic heterocycles. The fraction of sp³-hybridized carbons (Fsp3) is 0.471. The second kappa shape index (κ2) is 7.02. The number of nitrogens with zero attached hydrogens (tertiary/aromatic N) is 4. The van der Waals surface area contributed by atoms with E-state index in [0.717, 1.165) is 17.8 Å². The van der Waals surface area contributed by atoms with Crippen LogP contribution in [0.4, 0.5) is 13.2 Å². The topological polar surface area (TPSA) is 50.0 Å². The summed E-state index contributed by atoms with van der Waals surface area (Å²) >= 11 is 3.33. The predicted octanol–water partition coefficient (Wildman–Crippen LogP) is 4.02. The number of amides is 1. The van der Waals surface area contributed by atoms with Crippen LogP contribution in [0.2, 0.25) is 0 Å². The van der Waals surface area contributed by atoms with E-state index in [1.165, 1.54) is 9.52 Å². The van der Waals surface area contributed by atoms with Gasteiger partial charge >= 0.3 is 6.18 Å². The Hall–Kier alpha value is -1.90. The van der Waals surface area contributed by atoms with Crippen LogP contribution in [0.3, 0.4) is 0 Å². The van der Waals surface area contributed by atoms with Crippen molar-refractivity contribution < 1.29 is 18.0 Å². The first-order valence-corrected chi connectivity index (χ1v) is 9.36. The van der Waals surface area contributed by atoms with E-state index in [4.69, 9.17) is 0 Å². The summed E-state index contributed by atoms with van der Waals surface area (Å²) in [5, 5.41) is 10.3. The Morgan fingerprint density at radius 1 is 1.35 bits per heavy atom. The van der Waals surface area contributed by atoms with Crippen LogP contribution in [0.5, 0.6) is 0 Å². The Balaban J connectivity index is 2.12. The molecule has 1 amide bonds. The Morgan fingerprint density at radius 3 is 2.73 bits per heavy atom. The molecule has 0 aromatic carbocycles. The van der Waals surface area contributed by atoms with Crippen LogP contribution in [0.15, 0.2) is 23.3 Å². The minimum atomic E-state index is -4.52. The molecule has 0 fully saturated rings. The highest BCUT2D eigenvalue weighted by Gasteiger charge is 2.35. The SMILES string of the molecule is Cc1ccc(C2=NN(CCCBr)C(=O)CC2C)c2cc(C(F)(F)F)nn12. The van der Waals surface area contributed by atoms with Gasteiger partial charge in [0.05, 0.1) is 11.2 Å². The number of hydrazone groups is 1. The van der Waals surface area contributed by atoms with E-state index in [1.54, 1.807) is 19.1 Å². The molecular formula is C17H18BrF3N4O. The molecule has 2 aromatic rings. The summed E-state index contributed by atoms with van der Waals surface area (Å²) in [4.78, 5) is 12.2. The van der Waals surface area contributed by atoms with E-state index in [0.29, 0.717) is 29.0 Å². The van der Waals surface area contributed by atoms with E-state index in [-0.39, 0.29) is 18.2 Å². The molecule has 0 N–H and O–H groups in total. The molecule has 0 aliphatic carbocycles. The van der Waals surface area contributed by atoms with Gasteiger partial charge < -0.3 is 0 Å². The van der Waals surface area contributed by atoms with E-state index >= 15 is 0 Å². The normalized spacial score (nSPS) is 18.5. The summed E-state index contributed by atoms with van der Waals surface area (Å²) in [6.45, 7) is 4.02. The van der Waals surface area contributed by atoms with E-state index in [1.807, 2.05) is 6.92 Å². The lowest BCUT2D eigenvalue weighted by Gasteiger charge is -2.28. The van der Waals surface area contributed by atoms with Crippen molar-refractivity contribution in [1.29, 1.82) is 0 Å². The van der Waals surface area contributed by atoms with Gasteiger partial charge in [-0.15, -0.1) is 0 Å². The van der Waals surface area contributed by atoms with Crippen molar-refractivity contribution in [1.82, 2.24) is 14.6 Å². The first kappa shape index (κ1) is 18.9. The van der Waals surface area contributed by atoms with Gasteiger partial charge in [0, 0.05) is 35.5 Å². The molecule has 9 heteroatoms. The second-order valence-electron chi connectivity index (χ2n) is 6.36. The Labute approximate surface area is 157 Å². The van der Waals surface area contributed by atoms with E-state index < -0.39 is 11.9 Å². The Bertz CT molecular complexity index is 875. The Kier molecular flexibility index (Phi) is 5.09. The van der Waals surface area contributed by atoms with Crippen LogP contribution in [-0.2, 0) is 11.0 Å². The van der Waals surface area contributed by atoms with E-state index in [9.17, 15) is 18.0 Å². The minimum Gasteiger partial charge on any atom is -0.273 e. The smallest absolute Gasteiger partial charge is 0.273 e. The van der Waals surface area contributed by atoms with Crippen LogP contribution in [-0.4, -0.2) is 38.1 Å². The lowest BCUT2D eigenvalue weighted by Crippen LogP contribution is -2.37. The van der Waals surface area contributed by atoms with Gasteiger partial charge in [-0.05, 0) is 31.5 Å². The highest BCUT2D eigenvalue weighted by Crippen LogP contribution is 2.31. The number of pyridine rings is 1. The molecule has 0 saturated heterocycles. The van der Waals surface area contributed by atoms with Crippen molar-refractivity contribution >= 4 is 33.1 Å². The molecule has 2 aromatic heterocycles. The zero-order valence-corrected chi connectivity index (χ0v) is 15.9. The molecule has 1 aliphatic rings. The molecular weight excluding hydrogens is 413 g/mol. The maximum atomic E-state index is 13.1. The average Bonchev–Trinajstić information content (AvgIpc) is 3.02. The number of aryl methyl sites for hydroxylation is 1. The van der Waals surface area contributed by atoms with Gasteiger partial charge in [-0.25, -0.2) is 9.52 Å². The molecule has 0 radical (unpaired) electrons. The first-order valence-electron chi connectivity index (χ1n) is 8.24. The minimum absolute atomic E-state index is 0.0742. The van der Waals surface area contributed by atoms with Crippen molar-refractivity contribution in [3.8, 4) is 0 Å². The maximum absolute atomic E-state index is 13.1. The molecule has 140 valence electrons. The molecule has 0 spiro atoms. The van der Waals surface area contributed by atoms with Crippen LogP contribution < -0.4 is 0 Å². The molecule has 1 atom stereocenters. The molecule has 26 heavy (non-hydrogen) atoms. The van der Waals surface area contributed by atoms with Gasteiger partial charge in [0.1, 0.15) is 0 Å². The number of halogens is 4. The summed E-state index contributed by atoms with van der Waals surface area (Å²) in [5.74, 6) is -0.256. The van der Waals surface area contributed by atoms with Gasteiger partial charge in [0.15, 0.2) is 5.69 Å². The highest BCUT2D eigenvalue weighted by molar-refractivity contribution is 9.09. The molecule has 0 bridgehead atoms. The summed E-state index contributed by atoms with van der Waals surface area (Å²) < 4.78 is 40.6.